The molecule has 1 atom stereocenters. The van der Waals surface area contributed by atoms with E-state index in [9.17, 15) is 9.59 Å². The van der Waals surface area contributed by atoms with E-state index in [4.69, 9.17) is 4.74 Å². The summed E-state index contributed by atoms with van der Waals surface area (Å²) in [4.78, 5) is 33.0. The monoisotopic (exact) mass is 359 g/mol. The third-order valence-corrected chi connectivity index (χ3v) is 4.48. The van der Waals surface area contributed by atoms with Crippen molar-refractivity contribution in [2.75, 3.05) is 19.7 Å². The van der Waals surface area contributed by atoms with Gasteiger partial charge in [-0.25, -0.2) is 4.98 Å². The number of aromatic nitrogens is 4. The van der Waals surface area contributed by atoms with Crippen molar-refractivity contribution in [2.24, 2.45) is 0 Å². The number of morpholine rings is 1. The first-order valence-corrected chi connectivity index (χ1v) is 8.90. The van der Waals surface area contributed by atoms with Gasteiger partial charge in [-0.15, -0.1) is 0 Å². The van der Waals surface area contributed by atoms with Gasteiger partial charge in [-0.05, 0) is 33.3 Å². The average Bonchev–Trinajstić information content (AvgIpc) is 2.91. The van der Waals surface area contributed by atoms with Crippen LogP contribution in [0.1, 0.15) is 41.9 Å². The molecule has 1 amide bonds. The molecule has 1 aliphatic heterocycles. The maximum Gasteiger partial charge on any atom is 0.251 e. The highest BCUT2D eigenvalue weighted by atomic mass is 16.5. The van der Waals surface area contributed by atoms with E-state index in [-0.39, 0.29) is 11.5 Å². The summed E-state index contributed by atoms with van der Waals surface area (Å²) >= 11 is 0. The van der Waals surface area contributed by atoms with Crippen molar-refractivity contribution in [3.05, 3.63) is 45.4 Å². The molecule has 0 unspecified atom stereocenters. The molecule has 2 aromatic rings. The summed E-state index contributed by atoms with van der Waals surface area (Å²) in [6.45, 7) is 7.88. The van der Waals surface area contributed by atoms with Crippen LogP contribution in [0.3, 0.4) is 0 Å². The standard InChI is InChI=1S/C18H25N5O3/c1-12-10-16(24)20-18(19-12)15-11-22(7-8-26-15)17(25)5-4-6-23-14(3)9-13(2)21-23/h9-10,15H,4-8,11H2,1-3H3,(H,19,20,24)/t15-/m1/s1. The van der Waals surface area contributed by atoms with Crippen molar-refractivity contribution in [1.29, 1.82) is 0 Å². The summed E-state index contributed by atoms with van der Waals surface area (Å²) in [7, 11) is 0. The van der Waals surface area contributed by atoms with Crippen LogP contribution in [0.25, 0.3) is 0 Å². The minimum atomic E-state index is -0.392. The van der Waals surface area contributed by atoms with E-state index in [1.54, 1.807) is 11.8 Å². The van der Waals surface area contributed by atoms with Gasteiger partial charge in [0.15, 0.2) is 0 Å². The third kappa shape index (κ3) is 4.37. The second-order valence-corrected chi connectivity index (χ2v) is 6.72. The number of hydrogen-bond acceptors (Lipinski definition) is 5. The molecular formula is C18H25N5O3. The molecule has 2 aromatic heterocycles. The van der Waals surface area contributed by atoms with Gasteiger partial charge in [-0.2, -0.15) is 5.10 Å². The normalized spacial score (nSPS) is 17.5. The van der Waals surface area contributed by atoms with Crippen LogP contribution in [0.5, 0.6) is 0 Å². The molecule has 3 heterocycles. The number of ether oxygens (including phenoxy) is 1. The van der Waals surface area contributed by atoms with Crippen LogP contribution in [0, 0.1) is 20.8 Å². The quantitative estimate of drug-likeness (QED) is 0.868. The lowest BCUT2D eigenvalue weighted by atomic mass is 10.2. The molecule has 1 aliphatic rings. The first-order chi connectivity index (χ1) is 12.4. The number of amides is 1. The lowest BCUT2D eigenvalue weighted by Gasteiger charge is -2.32. The second-order valence-electron chi connectivity index (χ2n) is 6.72. The van der Waals surface area contributed by atoms with Gasteiger partial charge in [0.2, 0.25) is 5.91 Å². The Morgan fingerprint density at radius 3 is 2.81 bits per heavy atom. The van der Waals surface area contributed by atoms with Crippen LogP contribution in [-0.2, 0) is 16.1 Å². The first-order valence-electron chi connectivity index (χ1n) is 8.90. The van der Waals surface area contributed by atoms with Crippen molar-refractivity contribution in [3.63, 3.8) is 0 Å². The van der Waals surface area contributed by atoms with Crippen LogP contribution in [0.2, 0.25) is 0 Å². The molecule has 1 N–H and O–H groups in total. The number of aromatic amines is 1. The molecule has 0 saturated carbocycles. The number of nitrogens with zero attached hydrogens (tertiary/aromatic N) is 4. The Bertz CT molecular complexity index is 842. The Labute approximate surface area is 152 Å². The molecule has 8 nitrogen and oxygen atoms in total. The number of nitrogens with one attached hydrogen (secondary N) is 1. The maximum absolute atomic E-state index is 12.5. The molecule has 140 valence electrons. The summed E-state index contributed by atoms with van der Waals surface area (Å²) in [5, 5.41) is 4.42. The van der Waals surface area contributed by atoms with Gasteiger partial charge in [0.25, 0.3) is 5.56 Å². The Morgan fingerprint density at radius 1 is 1.31 bits per heavy atom. The fourth-order valence-electron chi connectivity index (χ4n) is 3.24. The summed E-state index contributed by atoms with van der Waals surface area (Å²) < 4.78 is 7.64. The molecule has 8 heteroatoms. The summed E-state index contributed by atoms with van der Waals surface area (Å²) in [5.74, 6) is 0.574. The van der Waals surface area contributed by atoms with Gasteiger partial charge in [0.1, 0.15) is 11.9 Å². The Hall–Kier alpha value is -2.48. The van der Waals surface area contributed by atoms with Gasteiger partial charge in [-0.1, -0.05) is 0 Å². The van der Waals surface area contributed by atoms with Gasteiger partial charge in [0.05, 0.1) is 18.8 Å². The van der Waals surface area contributed by atoms with E-state index in [1.165, 1.54) is 6.07 Å². The van der Waals surface area contributed by atoms with Crippen molar-refractivity contribution in [2.45, 2.75) is 46.3 Å². The topological polar surface area (TPSA) is 93.1 Å². The van der Waals surface area contributed by atoms with Crippen LogP contribution >= 0.6 is 0 Å². The fraction of sp³-hybridized carbons (Fsp3) is 0.556. The molecule has 1 saturated heterocycles. The lowest BCUT2D eigenvalue weighted by Crippen LogP contribution is -2.43. The largest absolute Gasteiger partial charge is 0.367 e. The molecule has 1 fully saturated rings. The van der Waals surface area contributed by atoms with Gasteiger partial charge >= 0.3 is 0 Å². The molecule has 3 rings (SSSR count). The van der Waals surface area contributed by atoms with Gasteiger partial charge in [0, 0.05) is 37.0 Å². The van der Waals surface area contributed by atoms with Crippen LogP contribution in [0.4, 0.5) is 0 Å². The van der Waals surface area contributed by atoms with Crippen LogP contribution < -0.4 is 5.56 Å². The zero-order chi connectivity index (χ0) is 18.7. The predicted molar refractivity (Wildman–Crippen MR) is 95.8 cm³/mol. The molecule has 0 aromatic carbocycles. The van der Waals surface area contributed by atoms with Crippen LogP contribution in [-0.4, -0.2) is 50.3 Å². The highest BCUT2D eigenvalue weighted by Gasteiger charge is 2.26. The van der Waals surface area contributed by atoms with E-state index in [2.05, 4.69) is 15.1 Å². The molecule has 26 heavy (non-hydrogen) atoms. The molecular weight excluding hydrogens is 334 g/mol. The fourth-order valence-corrected chi connectivity index (χ4v) is 3.24. The highest BCUT2D eigenvalue weighted by molar-refractivity contribution is 5.76. The summed E-state index contributed by atoms with van der Waals surface area (Å²) in [6.07, 6.45) is 0.807. The minimum Gasteiger partial charge on any atom is -0.367 e. The number of aryl methyl sites for hydroxylation is 4. The maximum atomic E-state index is 12.5. The van der Waals surface area contributed by atoms with Gasteiger partial charge in [-0.3, -0.25) is 14.3 Å². The Morgan fingerprint density at radius 2 is 2.12 bits per heavy atom. The molecule has 0 spiro atoms. The average molecular weight is 359 g/mol. The number of H-pyrrole nitrogens is 1. The molecule has 0 aliphatic carbocycles. The zero-order valence-electron chi connectivity index (χ0n) is 15.5. The summed E-state index contributed by atoms with van der Waals surface area (Å²) in [5.41, 5.74) is 2.53. The van der Waals surface area contributed by atoms with Gasteiger partial charge < -0.3 is 14.6 Å². The number of carbonyl (C=O) groups excluding carboxylic acids is 1. The van der Waals surface area contributed by atoms with Crippen molar-refractivity contribution >= 4 is 5.91 Å². The first kappa shape index (κ1) is 18.3. The minimum absolute atomic E-state index is 0.0924. The molecule has 0 radical (unpaired) electrons. The Kier molecular flexibility index (Phi) is 5.51. The SMILES string of the molecule is Cc1cc(=O)[nH]c([C@H]2CN(C(=O)CCCn3nc(C)cc3C)CCO2)n1. The van der Waals surface area contributed by atoms with Crippen molar-refractivity contribution in [3.8, 4) is 0 Å². The van der Waals surface area contributed by atoms with E-state index >= 15 is 0 Å². The second kappa shape index (κ2) is 7.82. The zero-order valence-corrected chi connectivity index (χ0v) is 15.5. The highest BCUT2D eigenvalue weighted by Crippen LogP contribution is 2.19. The van der Waals surface area contributed by atoms with E-state index in [1.807, 2.05) is 24.6 Å². The molecule has 0 bridgehead atoms. The number of carbonyl (C=O) groups is 1. The predicted octanol–water partition coefficient (Wildman–Crippen LogP) is 1.27. The van der Waals surface area contributed by atoms with E-state index in [0.29, 0.717) is 37.6 Å². The summed E-state index contributed by atoms with van der Waals surface area (Å²) in [6, 6.07) is 3.47. The van der Waals surface area contributed by atoms with E-state index in [0.717, 1.165) is 24.4 Å². The van der Waals surface area contributed by atoms with Crippen LogP contribution in [0.15, 0.2) is 16.9 Å². The van der Waals surface area contributed by atoms with Crippen molar-refractivity contribution < 1.29 is 9.53 Å². The van der Waals surface area contributed by atoms with E-state index < -0.39 is 6.10 Å². The lowest BCUT2D eigenvalue weighted by molar-refractivity contribution is -0.139. The number of hydrogen-bond donors (Lipinski definition) is 1. The van der Waals surface area contributed by atoms with Crippen molar-refractivity contribution in [1.82, 2.24) is 24.6 Å². The third-order valence-electron chi connectivity index (χ3n) is 4.48. The number of rotatable bonds is 5. The Balaban J connectivity index is 1.56. The smallest absolute Gasteiger partial charge is 0.251 e.